The molecule has 5 heteroatoms. The van der Waals surface area contributed by atoms with Gasteiger partial charge in [0.25, 0.3) is 0 Å². The highest BCUT2D eigenvalue weighted by Crippen LogP contribution is 2.18. The van der Waals surface area contributed by atoms with Crippen LogP contribution in [0.3, 0.4) is 0 Å². The van der Waals surface area contributed by atoms with Crippen molar-refractivity contribution in [3.05, 3.63) is 12.3 Å². The van der Waals surface area contributed by atoms with Crippen LogP contribution in [0.1, 0.15) is 12.8 Å². The number of nitrogens with zero attached hydrogens (tertiary/aromatic N) is 3. The standard InChI is InChI=1S/C10H16N4S/c1-15-10-12-5-4-9(13-10)14-6-2-3-8(11)7-14/h4-5,8H,2-3,6-7,11H2,1H3/t8-/m0/s1. The van der Waals surface area contributed by atoms with E-state index in [1.165, 1.54) is 0 Å². The fourth-order valence-electron chi connectivity index (χ4n) is 1.82. The van der Waals surface area contributed by atoms with Crippen LogP contribution in [0.2, 0.25) is 0 Å². The minimum atomic E-state index is 0.284. The van der Waals surface area contributed by atoms with E-state index in [4.69, 9.17) is 5.73 Å². The molecule has 0 amide bonds. The average Bonchev–Trinajstić information content (AvgIpc) is 2.29. The molecule has 82 valence electrons. The molecule has 1 saturated heterocycles. The van der Waals surface area contributed by atoms with Crippen molar-refractivity contribution in [3.63, 3.8) is 0 Å². The lowest BCUT2D eigenvalue weighted by atomic mass is 10.1. The van der Waals surface area contributed by atoms with E-state index in [0.717, 1.165) is 36.9 Å². The molecule has 1 aliphatic heterocycles. The molecule has 15 heavy (non-hydrogen) atoms. The van der Waals surface area contributed by atoms with E-state index in [0.29, 0.717) is 0 Å². The van der Waals surface area contributed by atoms with E-state index in [-0.39, 0.29) is 6.04 Å². The lowest BCUT2D eigenvalue weighted by Crippen LogP contribution is -2.43. The first-order chi connectivity index (χ1) is 7.29. The number of piperidine rings is 1. The molecule has 1 atom stereocenters. The molecule has 0 saturated carbocycles. The van der Waals surface area contributed by atoms with Gasteiger partial charge in [-0.3, -0.25) is 0 Å². The fraction of sp³-hybridized carbons (Fsp3) is 0.600. The summed E-state index contributed by atoms with van der Waals surface area (Å²) in [6.07, 6.45) is 6.08. The van der Waals surface area contributed by atoms with Gasteiger partial charge in [-0.15, -0.1) is 0 Å². The first kappa shape index (κ1) is 10.7. The van der Waals surface area contributed by atoms with Gasteiger partial charge >= 0.3 is 0 Å². The average molecular weight is 224 g/mol. The predicted octanol–water partition coefficient (Wildman–Crippen LogP) is 1.13. The Bertz CT molecular complexity index is 331. The Morgan fingerprint density at radius 1 is 1.60 bits per heavy atom. The van der Waals surface area contributed by atoms with Gasteiger partial charge in [-0.1, -0.05) is 11.8 Å². The summed E-state index contributed by atoms with van der Waals surface area (Å²) >= 11 is 1.57. The summed E-state index contributed by atoms with van der Waals surface area (Å²) < 4.78 is 0. The maximum Gasteiger partial charge on any atom is 0.189 e. The Kier molecular flexibility index (Phi) is 3.43. The van der Waals surface area contributed by atoms with Crippen molar-refractivity contribution in [3.8, 4) is 0 Å². The Morgan fingerprint density at radius 2 is 2.47 bits per heavy atom. The third-order valence-electron chi connectivity index (χ3n) is 2.58. The molecule has 0 unspecified atom stereocenters. The number of hydrogen-bond acceptors (Lipinski definition) is 5. The van der Waals surface area contributed by atoms with Gasteiger partial charge in [-0.05, 0) is 25.2 Å². The van der Waals surface area contributed by atoms with Crippen LogP contribution in [-0.2, 0) is 0 Å². The first-order valence-corrected chi connectivity index (χ1v) is 6.39. The van der Waals surface area contributed by atoms with E-state index in [1.807, 2.05) is 18.5 Å². The minimum absolute atomic E-state index is 0.284. The van der Waals surface area contributed by atoms with E-state index in [2.05, 4.69) is 14.9 Å². The molecule has 2 heterocycles. The van der Waals surface area contributed by atoms with E-state index >= 15 is 0 Å². The lowest BCUT2D eigenvalue weighted by molar-refractivity contribution is 0.502. The van der Waals surface area contributed by atoms with Gasteiger partial charge < -0.3 is 10.6 Å². The van der Waals surface area contributed by atoms with Gasteiger partial charge in [-0.2, -0.15) is 0 Å². The van der Waals surface area contributed by atoms with E-state index in [1.54, 1.807) is 11.8 Å². The Hall–Kier alpha value is -0.810. The number of thioether (sulfide) groups is 1. The van der Waals surface area contributed by atoms with Gasteiger partial charge in [0.1, 0.15) is 5.82 Å². The van der Waals surface area contributed by atoms with Crippen molar-refractivity contribution in [1.82, 2.24) is 9.97 Å². The summed E-state index contributed by atoms with van der Waals surface area (Å²) in [6.45, 7) is 1.96. The molecule has 0 bridgehead atoms. The topological polar surface area (TPSA) is 55.0 Å². The molecule has 0 aromatic carbocycles. The van der Waals surface area contributed by atoms with E-state index < -0.39 is 0 Å². The molecular weight excluding hydrogens is 208 g/mol. The predicted molar refractivity (Wildman–Crippen MR) is 63.2 cm³/mol. The summed E-state index contributed by atoms with van der Waals surface area (Å²) in [7, 11) is 0. The van der Waals surface area contributed by atoms with Crippen molar-refractivity contribution in [2.45, 2.75) is 24.0 Å². The van der Waals surface area contributed by atoms with Crippen LogP contribution >= 0.6 is 11.8 Å². The van der Waals surface area contributed by atoms with Gasteiger partial charge in [-0.25, -0.2) is 9.97 Å². The maximum atomic E-state index is 5.94. The molecule has 2 N–H and O–H groups in total. The second-order valence-electron chi connectivity index (χ2n) is 3.75. The first-order valence-electron chi connectivity index (χ1n) is 5.17. The third-order valence-corrected chi connectivity index (χ3v) is 3.15. The molecule has 0 aliphatic carbocycles. The molecule has 0 spiro atoms. The van der Waals surface area contributed by atoms with Crippen molar-refractivity contribution in [2.75, 3.05) is 24.2 Å². The third kappa shape index (κ3) is 2.60. The van der Waals surface area contributed by atoms with Crippen LogP contribution < -0.4 is 10.6 Å². The van der Waals surface area contributed by atoms with Gasteiger partial charge in [0.05, 0.1) is 0 Å². The molecule has 1 fully saturated rings. The van der Waals surface area contributed by atoms with Crippen LogP contribution in [-0.4, -0.2) is 35.4 Å². The van der Waals surface area contributed by atoms with Gasteiger partial charge in [0.2, 0.25) is 0 Å². The van der Waals surface area contributed by atoms with Crippen LogP contribution in [0.15, 0.2) is 17.4 Å². The zero-order valence-electron chi connectivity index (χ0n) is 8.89. The van der Waals surface area contributed by atoms with Crippen LogP contribution in [0.25, 0.3) is 0 Å². The van der Waals surface area contributed by atoms with E-state index in [9.17, 15) is 0 Å². The molecule has 1 aromatic heterocycles. The monoisotopic (exact) mass is 224 g/mol. The summed E-state index contributed by atoms with van der Waals surface area (Å²) in [4.78, 5) is 10.9. The molecule has 1 aromatic rings. The second-order valence-corrected chi connectivity index (χ2v) is 4.52. The summed E-state index contributed by atoms with van der Waals surface area (Å²) in [5, 5.41) is 0.826. The highest BCUT2D eigenvalue weighted by atomic mass is 32.2. The minimum Gasteiger partial charge on any atom is -0.355 e. The molecule has 2 rings (SSSR count). The van der Waals surface area contributed by atoms with Gasteiger partial charge in [0.15, 0.2) is 5.16 Å². The molecular formula is C10H16N4S. The number of aromatic nitrogens is 2. The van der Waals surface area contributed by atoms with Crippen molar-refractivity contribution in [1.29, 1.82) is 0 Å². The summed E-state index contributed by atoms with van der Waals surface area (Å²) in [5.41, 5.74) is 5.94. The number of anilines is 1. The largest absolute Gasteiger partial charge is 0.355 e. The molecule has 4 nitrogen and oxygen atoms in total. The van der Waals surface area contributed by atoms with Crippen LogP contribution in [0, 0.1) is 0 Å². The number of rotatable bonds is 2. The van der Waals surface area contributed by atoms with Crippen molar-refractivity contribution in [2.24, 2.45) is 5.73 Å². The Morgan fingerprint density at radius 3 is 3.20 bits per heavy atom. The number of hydrogen-bond donors (Lipinski definition) is 1. The molecule has 1 aliphatic rings. The SMILES string of the molecule is CSc1nccc(N2CCC[C@H](N)C2)n1. The quantitative estimate of drug-likeness (QED) is 0.603. The van der Waals surface area contributed by atoms with Crippen LogP contribution in [0.4, 0.5) is 5.82 Å². The van der Waals surface area contributed by atoms with Crippen LogP contribution in [0.5, 0.6) is 0 Å². The highest BCUT2D eigenvalue weighted by molar-refractivity contribution is 7.98. The zero-order valence-corrected chi connectivity index (χ0v) is 9.70. The van der Waals surface area contributed by atoms with Crippen molar-refractivity contribution < 1.29 is 0 Å². The summed E-state index contributed by atoms with van der Waals surface area (Å²) in [5.74, 6) is 1.00. The Balaban J connectivity index is 2.13. The maximum absolute atomic E-state index is 5.94. The zero-order chi connectivity index (χ0) is 10.7. The van der Waals surface area contributed by atoms with Crippen molar-refractivity contribution >= 4 is 17.6 Å². The number of nitrogens with two attached hydrogens (primary N) is 1. The highest BCUT2D eigenvalue weighted by Gasteiger charge is 2.17. The lowest BCUT2D eigenvalue weighted by Gasteiger charge is -2.31. The molecule has 0 radical (unpaired) electrons. The normalized spacial score (nSPS) is 21.7. The Labute approximate surface area is 94.3 Å². The van der Waals surface area contributed by atoms with Gasteiger partial charge in [0, 0.05) is 25.3 Å². The second kappa shape index (κ2) is 4.81. The summed E-state index contributed by atoms with van der Waals surface area (Å²) in [6, 6.07) is 2.24. The fourth-order valence-corrected chi connectivity index (χ4v) is 2.18. The smallest absolute Gasteiger partial charge is 0.189 e.